The fourth-order valence-electron chi connectivity index (χ4n) is 2.47. The molecule has 0 aliphatic heterocycles. The highest BCUT2D eigenvalue weighted by Crippen LogP contribution is 2.28. The van der Waals surface area contributed by atoms with Gasteiger partial charge in [-0.2, -0.15) is 0 Å². The molecule has 0 aliphatic rings. The summed E-state index contributed by atoms with van der Waals surface area (Å²) in [4.78, 5) is 6.17. The predicted octanol–water partition coefficient (Wildman–Crippen LogP) is 5.17. The van der Waals surface area contributed by atoms with Crippen LogP contribution in [0.1, 0.15) is 55.0 Å². The summed E-state index contributed by atoms with van der Waals surface area (Å²) in [5, 5.41) is 4.73. The van der Waals surface area contributed by atoms with Gasteiger partial charge in [-0.3, -0.25) is 0 Å². The van der Waals surface area contributed by atoms with E-state index < -0.39 is 0 Å². The second-order valence-electron chi connectivity index (χ2n) is 6.14. The maximum absolute atomic E-state index is 4.85. The standard InChI is InChI=1S/C19H28N2S/c1-5-6-12-20-13-11-18-21-19(15(4)22-18)17-9-7-16(8-10-17)14(2)3/h7-10,14,20H,5-6,11-13H2,1-4H3. The number of thiazole rings is 1. The smallest absolute Gasteiger partial charge is 0.0948 e. The molecule has 0 spiro atoms. The Morgan fingerprint density at radius 3 is 2.50 bits per heavy atom. The van der Waals surface area contributed by atoms with Crippen LogP contribution in [-0.2, 0) is 6.42 Å². The highest BCUT2D eigenvalue weighted by atomic mass is 32.1. The molecule has 0 fully saturated rings. The van der Waals surface area contributed by atoms with Crippen LogP contribution in [-0.4, -0.2) is 18.1 Å². The summed E-state index contributed by atoms with van der Waals surface area (Å²) >= 11 is 1.83. The lowest BCUT2D eigenvalue weighted by Gasteiger charge is -2.06. The van der Waals surface area contributed by atoms with Crippen LogP contribution in [0, 0.1) is 6.92 Å². The van der Waals surface area contributed by atoms with Crippen molar-refractivity contribution < 1.29 is 0 Å². The van der Waals surface area contributed by atoms with Crippen LogP contribution in [0.2, 0.25) is 0 Å². The van der Waals surface area contributed by atoms with Gasteiger partial charge in [-0.15, -0.1) is 11.3 Å². The SMILES string of the molecule is CCCCNCCc1nc(-c2ccc(C(C)C)cc2)c(C)s1. The molecular formula is C19H28N2S. The van der Waals surface area contributed by atoms with E-state index >= 15 is 0 Å². The van der Waals surface area contributed by atoms with E-state index in [0.717, 1.165) is 25.2 Å². The van der Waals surface area contributed by atoms with Crippen molar-refractivity contribution in [2.24, 2.45) is 0 Å². The highest BCUT2D eigenvalue weighted by Gasteiger charge is 2.10. The summed E-state index contributed by atoms with van der Waals surface area (Å²) in [5.74, 6) is 0.579. The number of hydrogen-bond acceptors (Lipinski definition) is 3. The van der Waals surface area contributed by atoms with Crippen molar-refractivity contribution in [1.29, 1.82) is 0 Å². The number of hydrogen-bond donors (Lipinski definition) is 1. The molecule has 2 rings (SSSR count). The largest absolute Gasteiger partial charge is 0.316 e. The molecule has 1 aromatic heterocycles. The summed E-state index contributed by atoms with van der Waals surface area (Å²) < 4.78 is 0. The molecule has 0 atom stereocenters. The molecule has 3 heteroatoms. The van der Waals surface area contributed by atoms with Gasteiger partial charge in [0, 0.05) is 23.4 Å². The van der Waals surface area contributed by atoms with Crippen LogP contribution < -0.4 is 5.32 Å². The minimum atomic E-state index is 0.579. The molecule has 0 radical (unpaired) electrons. The van der Waals surface area contributed by atoms with Crippen molar-refractivity contribution in [3.05, 3.63) is 39.7 Å². The van der Waals surface area contributed by atoms with Crippen LogP contribution in [0.5, 0.6) is 0 Å². The normalized spacial score (nSPS) is 11.3. The van der Waals surface area contributed by atoms with E-state index in [1.807, 2.05) is 11.3 Å². The van der Waals surface area contributed by atoms with E-state index in [2.05, 4.69) is 57.3 Å². The van der Waals surface area contributed by atoms with E-state index in [0.29, 0.717) is 5.92 Å². The van der Waals surface area contributed by atoms with Crippen LogP contribution in [0.3, 0.4) is 0 Å². The minimum Gasteiger partial charge on any atom is -0.316 e. The first-order chi connectivity index (χ1) is 10.6. The molecule has 2 nitrogen and oxygen atoms in total. The Balaban J connectivity index is 2.00. The molecule has 22 heavy (non-hydrogen) atoms. The molecule has 0 amide bonds. The number of unbranched alkanes of at least 4 members (excludes halogenated alkanes) is 1. The first kappa shape index (κ1) is 17.2. The third-order valence-electron chi connectivity index (χ3n) is 3.91. The van der Waals surface area contributed by atoms with Gasteiger partial charge in [0.25, 0.3) is 0 Å². The Morgan fingerprint density at radius 1 is 1.14 bits per heavy atom. The van der Waals surface area contributed by atoms with Gasteiger partial charge in [0.2, 0.25) is 0 Å². The van der Waals surface area contributed by atoms with Crippen molar-refractivity contribution in [3.63, 3.8) is 0 Å². The molecular weight excluding hydrogens is 288 g/mol. The Bertz CT molecular complexity index is 570. The van der Waals surface area contributed by atoms with Gasteiger partial charge in [-0.1, -0.05) is 51.5 Å². The van der Waals surface area contributed by atoms with Crippen molar-refractivity contribution in [2.45, 2.75) is 52.9 Å². The summed E-state index contributed by atoms with van der Waals surface area (Å²) in [6.45, 7) is 11.0. The summed E-state index contributed by atoms with van der Waals surface area (Å²) in [6, 6.07) is 8.87. The van der Waals surface area contributed by atoms with Gasteiger partial charge < -0.3 is 5.32 Å². The van der Waals surface area contributed by atoms with E-state index in [9.17, 15) is 0 Å². The number of nitrogens with one attached hydrogen (secondary N) is 1. The zero-order valence-electron chi connectivity index (χ0n) is 14.3. The Hall–Kier alpha value is -1.19. The molecule has 120 valence electrons. The van der Waals surface area contributed by atoms with Gasteiger partial charge >= 0.3 is 0 Å². The number of nitrogens with zero attached hydrogens (tertiary/aromatic N) is 1. The summed E-state index contributed by atoms with van der Waals surface area (Å²) in [5.41, 5.74) is 3.78. The van der Waals surface area contributed by atoms with Crippen LogP contribution in [0.4, 0.5) is 0 Å². The maximum Gasteiger partial charge on any atom is 0.0948 e. The van der Waals surface area contributed by atoms with Crippen molar-refractivity contribution >= 4 is 11.3 Å². The monoisotopic (exact) mass is 316 g/mol. The van der Waals surface area contributed by atoms with E-state index in [4.69, 9.17) is 4.98 Å². The predicted molar refractivity (Wildman–Crippen MR) is 97.9 cm³/mol. The first-order valence-corrected chi connectivity index (χ1v) is 9.20. The Morgan fingerprint density at radius 2 is 1.86 bits per heavy atom. The van der Waals surface area contributed by atoms with Gasteiger partial charge in [-0.25, -0.2) is 4.98 Å². The lowest BCUT2D eigenvalue weighted by atomic mass is 10.0. The molecule has 1 N–H and O–H groups in total. The fourth-order valence-corrected chi connectivity index (χ4v) is 3.43. The zero-order valence-corrected chi connectivity index (χ0v) is 15.1. The van der Waals surface area contributed by atoms with Crippen molar-refractivity contribution in [1.82, 2.24) is 10.3 Å². The average Bonchev–Trinajstić information content (AvgIpc) is 2.88. The van der Waals surface area contributed by atoms with Crippen molar-refractivity contribution in [3.8, 4) is 11.3 Å². The molecule has 0 saturated carbocycles. The first-order valence-electron chi connectivity index (χ1n) is 8.39. The van der Waals surface area contributed by atoms with E-state index in [1.165, 1.54) is 33.9 Å². The van der Waals surface area contributed by atoms with E-state index in [1.54, 1.807) is 0 Å². The Kier molecular flexibility index (Phi) is 6.59. The number of aryl methyl sites for hydroxylation is 1. The fraction of sp³-hybridized carbons (Fsp3) is 0.526. The van der Waals surface area contributed by atoms with Gasteiger partial charge in [0.15, 0.2) is 0 Å². The van der Waals surface area contributed by atoms with Gasteiger partial charge in [0.1, 0.15) is 0 Å². The second-order valence-corrected chi connectivity index (χ2v) is 7.43. The molecule has 0 unspecified atom stereocenters. The zero-order chi connectivity index (χ0) is 15.9. The van der Waals surface area contributed by atoms with Crippen LogP contribution >= 0.6 is 11.3 Å². The van der Waals surface area contributed by atoms with Crippen LogP contribution in [0.15, 0.2) is 24.3 Å². The summed E-state index contributed by atoms with van der Waals surface area (Å²) in [7, 11) is 0. The number of aromatic nitrogens is 1. The van der Waals surface area contributed by atoms with E-state index in [-0.39, 0.29) is 0 Å². The lowest BCUT2D eigenvalue weighted by molar-refractivity contribution is 0.639. The molecule has 2 aromatic rings. The van der Waals surface area contributed by atoms with Crippen LogP contribution in [0.25, 0.3) is 11.3 Å². The third kappa shape index (κ3) is 4.65. The van der Waals surface area contributed by atoms with Gasteiger partial charge in [0.05, 0.1) is 10.7 Å². The highest BCUT2D eigenvalue weighted by molar-refractivity contribution is 7.12. The maximum atomic E-state index is 4.85. The van der Waals surface area contributed by atoms with Gasteiger partial charge in [-0.05, 0) is 31.4 Å². The van der Waals surface area contributed by atoms with Crippen molar-refractivity contribution in [2.75, 3.05) is 13.1 Å². The topological polar surface area (TPSA) is 24.9 Å². The quantitative estimate of drug-likeness (QED) is 0.679. The molecule has 0 aliphatic carbocycles. The second kappa shape index (κ2) is 8.44. The number of rotatable bonds is 8. The lowest BCUT2D eigenvalue weighted by Crippen LogP contribution is -2.18. The molecule has 0 bridgehead atoms. The molecule has 0 saturated heterocycles. The molecule has 1 aromatic carbocycles. The third-order valence-corrected chi connectivity index (χ3v) is 4.94. The molecule has 1 heterocycles. The Labute approximate surface area is 139 Å². The minimum absolute atomic E-state index is 0.579. The summed E-state index contributed by atoms with van der Waals surface area (Å²) in [6.07, 6.45) is 3.53. The average molecular weight is 317 g/mol. The number of benzene rings is 1.